The molecule has 8 aromatic rings. The van der Waals surface area contributed by atoms with Gasteiger partial charge in [0.1, 0.15) is 11.6 Å². The van der Waals surface area contributed by atoms with Gasteiger partial charge in [0.25, 0.3) is 11.1 Å². The zero-order chi connectivity index (χ0) is 37.0. The summed E-state index contributed by atoms with van der Waals surface area (Å²) in [7, 11) is 6.10. The van der Waals surface area contributed by atoms with Crippen LogP contribution in [0.15, 0.2) is 58.5 Å². The van der Waals surface area contributed by atoms with Crippen LogP contribution in [0.1, 0.15) is 45.7 Å². The molecule has 0 aliphatic heterocycles. The third-order valence-corrected chi connectivity index (χ3v) is 9.04. The third-order valence-electron chi connectivity index (χ3n) is 9.04. The molecular weight excluding hydrogens is 680 g/mol. The maximum absolute atomic E-state index is 13.2. The monoisotopic (exact) mass is 714 g/mol. The number of hydrogen-bond acceptors (Lipinski definition) is 12. The largest absolute Gasteiger partial charge is 0.493 e. The lowest BCUT2D eigenvalue weighted by Crippen LogP contribution is -2.13. The van der Waals surface area contributed by atoms with Gasteiger partial charge in [-0.25, -0.2) is 29.9 Å². The van der Waals surface area contributed by atoms with Crippen LogP contribution in [0, 0.1) is 13.8 Å². The highest BCUT2D eigenvalue weighted by Crippen LogP contribution is 2.31. The number of hydrogen-bond donors (Lipinski definition) is 2. The minimum atomic E-state index is -0.302. The molecule has 53 heavy (non-hydrogen) atoms. The van der Waals surface area contributed by atoms with Gasteiger partial charge < -0.3 is 28.9 Å². The molecule has 0 fully saturated rings. The fourth-order valence-corrected chi connectivity index (χ4v) is 6.58. The van der Waals surface area contributed by atoms with E-state index in [4.69, 9.17) is 43.9 Å². The highest BCUT2D eigenvalue weighted by Gasteiger charge is 2.20. The fourth-order valence-electron chi connectivity index (χ4n) is 6.58. The molecule has 0 atom stereocenters. The number of aromatic nitrogens is 10. The van der Waals surface area contributed by atoms with Crippen molar-refractivity contribution in [3.05, 3.63) is 115 Å². The van der Waals surface area contributed by atoms with Crippen molar-refractivity contribution in [3.8, 4) is 23.0 Å². The molecule has 0 bridgehead atoms. The summed E-state index contributed by atoms with van der Waals surface area (Å²) < 4.78 is 25.5. The quantitative estimate of drug-likeness (QED) is 0.210. The molecule has 0 saturated heterocycles. The van der Waals surface area contributed by atoms with Crippen LogP contribution in [-0.2, 0) is 19.3 Å². The van der Waals surface area contributed by atoms with Crippen molar-refractivity contribution in [2.24, 2.45) is 0 Å². The van der Waals surface area contributed by atoms with Crippen molar-refractivity contribution < 1.29 is 18.9 Å². The SMILES string of the molecule is COc1cc2nc(Cc3cn4c(Cc5c(Cc6nc7cc(OC)c(OC)cc7c(=O)[nH]6)nc6ncc(C)cn56)cc(C)nc4n3)[nH]c(=O)c2cc1OC. The third kappa shape index (κ3) is 6.03. The van der Waals surface area contributed by atoms with Crippen molar-refractivity contribution in [3.63, 3.8) is 0 Å². The Morgan fingerprint density at radius 3 is 1.81 bits per heavy atom. The van der Waals surface area contributed by atoms with E-state index in [2.05, 4.69) is 15.0 Å². The van der Waals surface area contributed by atoms with Crippen molar-refractivity contribution >= 4 is 33.4 Å². The summed E-state index contributed by atoms with van der Waals surface area (Å²) in [6.07, 6.45) is 6.55. The van der Waals surface area contributed by atoms with Crippen molar-refractivity contribution in [2.45, 2.75) is 33.1 Å². The van der Waals surface area contributed by atoms with Gasteiger partial charge in [0.15, 0.2) is 23.0 Å². The summed E-state index contributed by atoms with van der Waals surface area (Å²) in [5.74, 6) is 3.72. The van der Waals surface area contributed by atoms with Crippen LogP contribution in [0.2, 0.25) is 0 Å². The van der Waals surface area contributed by atoms with Crippen LogP contribution < -0.4 is 30.1 Å². The molecule has 8 rings (SSSR count). The van der Waals surface area contributed by atoms with E-state index in [0.717, 1.165) is 22.6 Å². The highest BCUT2D eigenvalue weighted by atomic mass is 16.5. The molecule has 6 heterocycles. The van der Waals surface area contributed by atoms with Crippen LogP contribution in [0.25, 0.3) is 33.4 Å². The smallest absolute Gasteiger partial charge is 0.258 e. The first-order chi connectivity index (χ1) is 25.6. The van der Waals surface area contributed by atoms with Gasteiger partial charge in [0.05, 0.1) is 73.7 Å². The van der Waals surface area contributed by atoms with E-state index >= 15 is 0 Å². The molecule has 0 spiro atoms. The van der Waals surface area contributed by atoms with Gasteiger partial charge in [-0.1, -0.05) is 0 Å². The van der Waals surface area contributed by atoms with E-state index < -0.39 is 0 Å². The number of methoxy groups -OCH3 is 4. The lowest BCUT2D eigenvalue weighted by atomic mass is 10.1. The lowest BCUT2D eigenvalue weighted by molar-refractivity contribution is 0.355. The number of H-pyrrole nitrogens is 2. The molecule has 16 nitrogen and oxygen atoms in total. The molecule has 0 unspecified atom stereocenters. The zero-order valence-corrected chi connectivity index (χ0v) is 29.8. The van der Waals surface area contributed by atoms with Gasteiger partial charge in [-0.2, -0.15) is 0 Å². The summed E-state index contributed by atoms with van der Waals surface area (Å²) in [5, 5.41) is 0.768. The predicted molar refractivity (Wildman–Crippen MR) is 195 cm³/mol. The second-order valence-electron chi connectivity index (χ2n) is 12.6. The first-order valence-corrected chi connectivity index (χ1v) is 16.6. The maximum atomic E-state index is 13.2. The number of aryl methyl sites for hydroxylation is 2. The van der Waals surface area contributed by atoms with E-state index in [1.807, 2.05) is 41.1 Å². The summed E-state index contributed by atoms with van der Waals surface area (Å²) >= 11 is 0. The van der Waals surface area contributed by atoms with Crippen LogP contribution >= 0.6 is 0 Å². The topological polar surface area (TPSA) is 189 Å². The van der Waals surface area contributed by atoms with Gasteiger partial charge in [0.2, 0.25) is 11.6 Å². The highest BCUT2D eigenvalue weighted by molar-refractivity contribution is 5.82. The number of nitrogens with zero attached hydrogens (tertiary/aromatic N) is 8. The molecule has 2 aromatic carbocycles. The fraction of sp³-hybridized carbons (Fsp3) is 0.243. The van der Waals surface area contributed by atoms with E-state index in [1.54, 1.807) is 30.5 Å². The van der Waals surface area contributed by atoms with E-state index in [-0.39, 0.29) is 24.0 Å². The van der Waals surface area contributed by atoms with Gasteiger partial charge in [-0.05, 0) is 37.6 Å². The van der Waals surface area contributed by atoms with Crippen molar-refractivity contribution in [1.29, 1.82) is 0 Å². The van der Waals surface area contributed by atoms with Gasteiger partial charge in [0, 0.05) is 55.0 Å². The second-order valence-corrected chi connectivity index (χ2v) is 12.6. The number of nitrogens with one attached hydrogen (secondary N) is 2. The molecule has 0 aliphatic rings. The summed E-state index contributed by atoms with van der Waals surface area (Å²) in [5.41, 5.74) is 5.19. The van der Waals surface area contributed by atoms with Crippen LogP contribution in [-0.4, -0.2) is 77.1 Å². The molecule has 2 N–H and O–H groups in total. The van der Waals surface area contributed by atoms with E-state index in [0.29, 0.717) is 85.8 Å². The first kappa shape index (κ1) is 33.3. The Hall–Kier alpha value is -6.84. The molecule has 268 valence electrons. The summed E-state index contributed by atoms with van der Waals surface area (Å²) in [6, 6.07) is 8.59. The van der Waals surface area contributed by atoms with Crippen LogP contribution in [0.4, 0.5) is 0 Å². The Kier molecular flexibility index (Phi) is 8.20. The minimum Gasteiger partial charge on any atom is -0.493 e. The molecule has 0 saturated carbocycles. The number of aromatic amines is 2. The molecular formula is C37H34N10O6. The second kappa shape index (κ2) is 13.0. The number of fused-ring (bicyclic) bond motifs is 4. The predicted octanol–water partition coefficient (Wildman–Crippen LogP) is 3.67. The summed E-state index contributed by atoms with van der Waals surface area (Å²) in [6.45, 7) is 3.88. The maximum Gasteiger partial charge on any atom is 0.258 e. The van der Waals surface area contributed by atoms with Gasteiger partial charge in [-0.3, -0.25) is 18.4 Å². The summed E-state index contributed by atoms with van der Waals surface area (Å²) in [4.78, 5) is 60.5. The molecule has 6 aromatic heterocycles. The average Bonchev–Trinajstić information content (AvgIpc) is 3.70. The van der Waals surface area contributed by atoms with Crippen LogP contribution in [0.5, 0.6) is 23.0 Å². The Morgan fingerprint density at radius 1 is 0.623 bits per heavy atom. The van der Waals surface area contributed by atoms with E-state index in [1.165, 1.54) is 28.4 Å². The number of imidazole rings is 2. The normalized spacial score (nSPS) is 11.6. The van der Waals surface area contributed by atoms with Crippen LogP contribution in [0.3, 0.4) is 0 Å². The average molecular weight is 715 g/mol. The molecule has 0 radical (unpaired) electrons. The Balaban J connectivity index is 1.18. The van der Waals surface area contributed by atoms with Crippen molar-refractivity contribution in [1.82, 2.24) is 48.7 Å². The zero-order valence-electron chi connectivity index (χ0n) is 29.8. The van der Waals surface area contributed by atoms with Crippen molar-refractivity contribution in [2.75, 3.05) is 28.4 Å². The Bertz CT molecular complexity index is 2860. The Morgan fingerprint density at radius 2 is 1.21 bits per heavy atom. The Labute approximate surface area is 300 Å². The standard InChI is InChI=1S/C37H34N10O6/c1-18-15-38-36-43-26(14-33-42-25-13-31(53-6)29(51-4)11-23(25)35(49)45-33)27(47(36)16-18)9-21-7-19(2)39-37-40-20(17-46(21)37)8-32-41-24-12-30(52-5)28(50-3)10-22(24)34(48)44-32/h7,10-13,15-17H,8-9,14H2,1-6H3,(H,41,44,48)(H,42,45,49). The number of rotatable bonds is 10. The lowest BCUT2D eigenvalue weighted by Gasteiger charge is -2.10. The number of ether oxygens (including phenoxy) is 4. The van der Waals surface area contributed by atoms with Gasteiger partial charge in [-0.15, -0.1) is 0 Å². The first-order valence-electron chi connectivity index (χ1n) is 16.6. The minimum absolute atomic E-state index is 0.233. The molecule has 16 heteroatoms. The molecule has 0 aliphatic carbocycles. The van der Waals surface area contributed by atoms with Gasteiger partial charge >= 0.3 is 0 Å². The van der Waals surface area contributed by atoms with E-state index in [9.17, 15) is 9.59 Å². The molecule has 0 amide bonds. The number of benzene rings is 2.